The van der Waals surface area contributed by atoms with Crippen molar-refractivity contribution in [2.45, 2.75) is 125 Å². The first-order valence-corrected chi connectivity index (χ1v) is 20.8. The number of hydrogen-bond donors (Lipinski definition) is 2. The summed E-state index contributed by atoms with van der Waals surface area (Å²) in [6, 6.07) is 7.70. The first kappa shape index (κ1) is 35.1. The highest BCUT2D eigenvalue weighted by Gasteiger charge is 2.70. The van der Waals surface area contributed by atoms with E-state index in [2.05, 4.69) is 76.5 Å². The van der Waals surface area contributed by atoms with Crippen LogP contribution in [0.25, 0.3) is 5.57 Å². The fourth-order valence-corrected chi connectivity index (χ4v) is 15.0. The summed E-state index contributed by atoms with van der Waals surface area (Å²) in [5, 5.41) is 13.7. The Morgan fingerprint density at radius 2 is 1.58 bits per heavy atom. The maximum absolute atomic E-state index is 11.6. The quantitative estimate of drug-likeness (QED) is 0.255. The number of fused-ring (bicyclic) bond motifs is 7. The zero-order chi connectivity index (χ0) is 35.3. The van der Waals surface area contributed by atoms with Crippen LogP contribution in [0.15, 0.2) is 42.5 Å². The highest BCUT2D eigenvalue weighted by atomic mass is 16.4. The minimum absolute atomic E-state index is 0.0500. The van der Waals surface area contributed by atoms with E-state index in [4.69, 9.17) is 0 Å². The molecule has 274 valence electrons. The number of nitrogens with one attached hydrogen (secondary N) is 1. The van der Waals surface area contributed by atoms with E-state index in [1.807, 2.05) is 0 Å². The second-order valence-electron chi connectivity index (χ2n) is 20.6. The normalized spacial score (nSPS) is 42.8. The predicted octanol–water partition coefficient (Wildman–Crippen LogP) is 10.5. The van der Waals surface area contributed by atoms with Gasteiger partial charge >= 0.3 is 5.97 Å². The molecule has 0 unspecified atom stereocenters. The van der Waals surface area contributed by atoms with Crippen molar-refractivity contribution in [2.75, 3.05) is 32.7 Å². The van der Waals surface area contributed by atoms with Gasteiger partial charge in [-0.05, 0) is 189 Å². The molecule has 0 aromatic heterocycles. The highest BCUT2D eigenvalue weighted by molar-refractivity contribution is 5.88. The van der Waals surface area contributed by atoms with Gasteiger partial charge < -0.3 is 15.3 Å². The maximum Gasteiger partial charge on any atom is 0.335 e. The van der Waals surface area contributed by atoms with Gasteiger partial charge in [0.05, 0.1) is 5.56 Å². The first-order chi connectivity index (χ1) is 23.7. The van der Waals surface area contributed by atoms with Crippen molar-refractivity contribution >= 4 is 11.5 Å². The molecular formula is C46H68N2O2. The van der Waals surface area contributed by atoms with Gasteiger partial charge in [-0.15, -0.1) is 0 Å². The highest BCUT2D eigenvalue weighted by Crippen LogP contribution is 2.77. The van der Waals surface area contributed by atoms with Crippen molar-refractivity contribution in [3.05, 3.63) is 53.6 Å². The van der Waals surface area contributed by atoms with Gasteiger partial charge in [-0.25, -0.2) is 4.79 Å². The molecule has 0 amide bonds. The Hall–Kier alpha value is -1.91. The summed E-state index contributed by atoms with van der Waals surface area (Å²) in [5.74, 6) is 2.76. The van der Waals surface area contributed by atoms with Gasteiger partial charge in [0.1, 0.15) is 0 Å². The van der Waals surface area contributed by atoms with Crippen molar-refractivity contribution in [2.24, 2.45) is 62.1 Å². The molecule has 1 aliphatic heterocycles. The lowest BCUT2D eigenvalue weighted by molar-refractivity contribution is -0.225. The molecule has 6 fully saturated rings. The van der Waals surface area contributed by atoms with Gasteiger partial charge in [-0.1, -0.05) is 65.0 Å². The van der Waals surface area contributed by atoms with Crippen LogP contribution in [-0.4, -0.2) is 48.7 Å². The number of carbonyl (C=O) groups is 1. The Kier molecular flexibility index (Phi) is 8.47. The van der Waals surface area contributed by atoms with Crippen LogP contribution in [-0.2, 0) is 0 Å². The number of allylic oxidation sites excluding steroid dienone is 3. The molecule has 5 saturated carbocycles. The lowest BCUT2D eigenvalue weighted by Crippen LogP contribution is -2.66. The average Bonchev–Trinajstić information content (AvgIpc) is 3.43. The molecular weight excluding hydrogens is 613 g/mol. The van der Waals surface area contributed by atoms with E-state index in [1.165, 1.54) is 126 Å². The third-order valence-electron chi connectivity index (χ3n) is 18.0. The van der Waals surface area contributed by atoms with E-state index in [1.54, 1.807) is 12.1 Å². The van der Waals surface area contributed by atoms with Crippen LogP contribution in [0.1, 0.15) is 141 Å². The van der Waals surface area contributed by atoms with Crippen LogP contribution < -0.4 is 5.32 Å². The number of hydrogen-bond acceptors (Lipinski definition) is 3. The van der Waals surface area contributed by atoms with E-state index in [0.717, 1.165) is 24.2 Å². The van der Waals surface area contributed by atoms with Gasteiger partial charge in [0, 0.05) is 19.6 Å². The summed E-state index contributed by atoms with van der Waals surface area (Å²) in [6.07, 6.45) is 20.3. The van der Waals surface area contributed by atoms with Gasteiger partial charge in [0.2, 0.25) is 0 Å². The van der Waals surface area contributed by atoms with Crippen LogP contribution in [0.4, 0.5) is 0 Å². The third-order valence-corrected chi connectivity index (χ3v) is 18.0. The van der Waals surface area contributed by atoms with Crippen LogP contribution in [0.2, 0.25) is 0 Å². The molecule has 2 N–H and O–H groups in total. The lowest BCUT2D eigenvalue weighted by Gasteiger charge is -2.72. The summed E-state index contributed by atoms with van der Waals surface area (Å²) in [5.41, 5.74) is 6.50. The first-order valence-electron chi connectivity index (χ1n) is 20.8. The van der Waals surface area contributed by atoms with Crippen molar-refractivity contribution < 1.29 is 9.90 Å². The summed E-state index contributed by atoms with van der Waals surface area (Å²) >= 11 is 0. The molecule has 1 saturated heterocycles. The van der Waals surface area contributed by atoms with Crippen LogP contribution in [0.5, 0.6) is 0 Å². The van der Waals surface area contributed by atoms with Gasteiger partial charge in [0.25, 0.3) is 0 Å². The molecule has 1 heterocycles. The molecule has 0 bridgehead atoms. The Labute approximate surface area is 304 Å². The zero-order valence-electron chi connectivity index (χ0n) is 32.5. The number of rotatable bonds is 9. The summed E-state index contributed by atoms with van der Waals surface area (Å²) < 4.78 is 0. The molecule has 8 rings (SSSR count). The van der Waals surface area contributed by atoms with E-state index in [9.17, 15) is 9.90 Å². The predicted molar refractivity (Wildman–Crippen MR) is 206 cm³/mol. The molecule has 1 aromatic carbocycles. The molecule has 50 heavy (non-hydrogen) atoms. The second kappa shape index (κ2) is 12.1. The summed E-state index contributed by atoms with van der Waals surface area (Å²) in [4.78, 5) is 14.3. The van der Waals surface area contributed by atoms with Gasteiger partial charge in [0.15, 0.2) is 0 Å². The summed E-state index contributed by atoms with van der Waals surface area (Å²) in [6.45, 7) is 26.7. The van der Waals surface area contributed by atoms with E-state index >= 15 is 0 Å². The molecule has 9 atom stereocenters. The molecule has 4 heteroatoms. The minimum Gasteiger partial charge on any atom is -0.478 e. The van der Waals surface area contributed by atoms with E-state index in [0.29, 0.717) is 39.1 Å². The Morgan fingerprint density at radius 1 is 0.860 bits per heavy atom. The molecule has 1 aromatic rings. The Morgan fingerprint density at radius 3 is 2.24 bits per heavy atom. The number of nitrogens with zero attached hydrogens (tertiary/aromatic N) is 1. The van der Waals surface area contributed by atoms with Crippen molar-refractivity contribution in [1.82, 2.24) is 10.2 Å². The van der Waals surface area contributed by atoms with E-state index < -0.39 is 5.97 Å². The SMILES string of the molecule is C=C(C)[C@@H]1CC[C@]2(CNCC3(CN4CCCC4)CC3)CC[C@]3(C)[C@H](CC[C@@H]4[C@@]5(C)CC=C(c6ccc(C(=O)O)cc6)C(C)(C)[C@@H]5CC[C@]43C)[C@@H]12. The topological polar surface area (TPSA) is 52.6 Å². The molecule has 6 aliphatic carbocycles. The van der Waals surface area contributed by atoms with Gasteiger partial charge in [-0.2, -0.15) is 0 Å². The zero-order valence-corrected chi connectivity index (χ0v) is 32.5. The molecule has 7 aliphatic rings. The number of likely N-dealkylation sites (tertiary alicyclic amines) is 1. The van der Waals surface area contributed by atoms with Crippen molar-refractivity contribution in [1.29, 1.82) is 0 Å². The van der Waals surface area contributed by atoms with Crippen molar-refractivity contribution in [3.63, 3.8) is 0 Å². The van der Waals surface area contributed by atoms with Crippen LogP contribution in [0.3, 0.4) is 0 Å². The van der Waals surface area contributed by atoms with Crippen LogP contribution in [0, 0.1) is 62.1 Å². The fourth-order valence-electron chi connectivity index (χ4n) is 15.0. The average molecular weight is 681 g/mol. The number of aromatic carboxylic acids is 1. The Bertz CT molecular complexity index is 1530. The minimum atomic E-state index is -0.848. The largest absolute Gasteiger partial charge is 0.478 e. The summed E-state index contributed by atoms with van der Waals surface area (Å²) in [7, 11) is 0. The fraction of sp³-hybridized carbons (Fsp3) is 0.761. The van der Waals surface area contributed by atoms with Crippen molar-refractivity contribution in [3.8, 4) is 0 Å². The standard InChI is InChI=1S/C46H68N2O2/c1-31(2)34-16-21-46(29-47-28-45(23-24-45)30-48-26-8-9-27-48)25-22-43(6)36(39(34)46)14-15-38-42(5)19-17-35(32-10-12-33(13-11-32)40(49)50)41(3,4)37(42)18-20-44(38,43)7/h10-13,17,34,36-39,47H,1,8-9,14-16,18-30H2,2-7H3,(H,49,50)/t34-,36+,37-,38+,39+,42-,43+,44+,46+/m0/s1. The molecule has 0 radical (unpaired) electrons. The molecule has 4 nitrogen and oxygen atoms in total. The number of benzene rings is 1. The van der Waals surface area contributed by atoms with Crippen LogP contribution >= 0.6 is 0 Å². The number of carboxylic acid groups (broad SMARTS) is 1. The molecule has 0 spiro atoms. The van der Waals surface area contributed by atoms with Gasteiger partial charge in [-0.3, -0.25) is 0 Å². The lowest BCUT2D eigenvalue weighted by atomic mass is 9.32. The third kappa shape index (κ3) is 5.21. The monoisotopic (exact) mass is 681 g/mol. The Balaban J connectivity index is 1.05. The number of carboxylic acids is 1. The smallest absolute Gasteiger partial charge is 0.335 e. The maximum atomic E-state index is 11.6. The second-order valence-corrected chi connectivity index (χ2v) is 20.6. The van der Waals surface area contributed by atoms with E-state index in [-0.39, 0.29) is 10.8 Å².